The van der Waals surface area contributed by atoms with Crippen molar-refractivity contribution in [2.75, 3.05) is 13.1 Å². The summed E-state index contributed by atoms with van der Waals surface area (Å²) in [6.45, 7) is 11.3. The predicted octanol–water partition coefficient (Wildman–Crippen LogP) is 4.14. The van der Waals surface area contributed by atoms with Gasteiger partial charge in [0.1, 0.15) is 11.4 Å². The van der Waals surface area contributed by atoms with Crippen LogP contribution in [-0.4, -0.2) is 18.7 Å². The fraction of sp³-hybridized carbons (Fsp3) is 0.684. The van der Waals surface area contributed by atoms with E-state index < -0.39 is 0 Å². The second kappa shape index (κ2) is 5.64. The highest BCUT2D eigenvalue weighted by Crippen LogP contribution is 2.45. The van der Waals surface area contributed by atoms with Crippen LogP contribution in [0.25, 0.3) is 0 Å². The molecule has 0 saturated carbocycles. The molecule has 0 aliphatic carbocycles. The zero-order chi connectivity index (χ0) is 15.0. The molecule has 2 aliphatic heterocycles. The largest absolute Gasteiger partial charge is 0.487 e. The first-order valence-electron chi connectivity index (χ1n) is 8.48. The number of nitrogens with one attached hydrogen (secondary N) is 1. The quantitative estimate of drug-likeness (QED) is 0.902. The SMILES string of the molecule is CC(C)CC1CNCCC1c1cccc2c1OC(C)(C)C2. The number of benzene rings is 1. The lowest BCUT2D eigenvalue weighted by atomic mass is 9.76. The van der Waals surface area contributed by atoms with Gasteiger partial charge in [0.05, 0.1) is 0 Å². The minimum atomic E-state index is -0.0428. The van der Waals surface area contributed by atoms with Crippen molar-refractivity contribution < 1.29 is 4.74 Å². The van der Waals surface area contributed by atoms with Crippen LogP contribution < -0.4 is 10.1 Å². The number of rotatable bonds is 3. The molecule has 1 N–H and O–H groups in total. The van der Waals surface area contributed by atoms with Gasteiger partial charge in [-0.15, -0.1) is 0 Å². The third-order valence-corrected chi connectivity index (χ3v) is 4.90. The highest BCUT2D eigenvalue weighted by atomic mass is 16.5. The number of para-hydroxylation sites is 1. The molecule has 2 unspecified atom stereocenters. The van der Waals surface area contributed by atoms with E-state index in [1.54, 1.807) is 0 Å². The van der Waals surface area contributed by atoms with Crippen LogP contribution in [0.3, 0.4) is 0 Å². The Hall–Kier alpha value is -1.02. The monoisotopic (exact) mass is 287 g/mol. The molecule has 1 aromatic rings. The van der Waals surface area contributed by atoms with Crippen LogP contribution in [0, 0.1) is 11.8 Å². The Bertz CT molecular complexity index is 506. The molecule has 2 heteroatoms. The molecule has 0 aromatic heterocycles. The van der Waals surface area contributed by atoms with Gasteiger partial charge in [-0.3, -0.25) is 0 Å². The summed E-state index contributed by atoms with van der Waals surface area (Å²) in [4.78, 5) is 0. The molecule has 0 radical (unpaired) electrons. The lowest BCUT2D eigenvalue weighted by molar-refractivity contribution is 0.135. The van der Waals surface area contributed by atoms with Gasteiger partial charge in [-0.2, -0.15) is 0 Å². The maximum absolute atomic E-state index is 6.31. The summed E-state index contributed by atoms with van der Waals surface area (Å²) in [6, 6.07) is 6.78. The highest BCUT2D eigenvalue weighted by Gasteiger charge is 2.36. The van der Waals surface area contributed by atoms with E-state index in [-0.39, 0.29) is 5.60 Å². The van der Waals surface area contributed by atoms with Gasteiger partial charge in [-0.1, -0.05) is 32.0 Å². The molecular formula is C19H29NO. The summed E-state index contributed by atoms with van der Waals surface area (Å²) in [5.74, 6) is 3.34. The number of piperidine rings is 1. The fourth-order valence-corrected chi connectivity index (χ4v) is 4.12. The molecule has 2 aliphatic rings. The van der Waals surface area contributed by atoms with Gasteiger partial charge in [-0.05, 0) is 68.7 Å². The van der Waals surface area contributed by atoms with Gasteiger partial charge < -0.3 is 10.1 Å². The predicted molar refractivity (Wildman–Crippen MR) is 88.0 cm³/mol. The third kappa shape index (κ3) is 3.11. The highest BCUT2D eigenvalue weighted by molar-refractivity contribution is 5.47. The zero-order valence-corrected chi connectivity index (χ0v) is 13.9. The molecule has 2 heterocycles. The molecule has 1 saturated heterocycles. The van der Waals surface area contributed by atoms with Crippen LogP contribution >= 0.6 is 0 Å². The Morgan fingerprint density at radius 1 is 1.33 bits per heavy atom. The minimum Gasteiger partial charge on any atom is -0.487 e. The average Bonchev–Trinajstić information content (AvgIpc) is 2.72. The fourth-order valence-electron chi connectivity index (χ4n) is 4.12. The third-order valence-electron chi connectivity index (χ3n) is 4.90. The lowest BCUT2D eigenvalue weighted by Crippen LogP contribution is -2.36. The maximum atomic E-state index is 6.31. The van der Waals surface area contributed by atoms with Crippen molar-refractivity contribution in [1.82, 2.24) is 5.32 Å². The van der Waals surface area contributed by atoms with Crippen molar-refractivity contribution in [3.05, 3.63) is 29.3 Å². The van der Waals surface area contributed by atoms with Crippen molar-refractivity contribution in [2.24, 2.45) is 11.8 Å². The van der Waals surface area contributed by atoms with E-state index in [2.05, 4.69) is 51.2 Å². The molecule has 3 rings (SSSR count). The second-order valence-corrected chi connectivity index (χ2v) is 7.86. The lowest BCUT2D eigenvalue weighted by Gasteiger charge is -2.34. The second-order valence-electron chi connectivity index (χ2n) is 7.86. The number of hydrogen-bond donors (Lipinski definition) is 1. The van der Waals surface area contributed by atoms with Gasteiger partial charge in [0.25, 0.3) is 0 Å². The standard InChI is InChI=1S/C19H29NO/c1-13(2)10-15-12-20-9-8-16(15)17-7-5-6-14-11-19(3,4)21-18(14)17/h5-7,13,15-16,20H,8-12H2,1-4H3. The summed E-state index contributed by atoms with van der Waals surface area (Å²) in [5.41, 5.74) is 2.82. The summed E-state index contributed by atoms with van der Waals surface area (Å²) in [7, 11) is 0. The van der Waals surface area contributed by atoms with Gasteiger partial charge in [0.15, 0.2) is 0 Å². The molecule has 116 valence electrons. The Labute approximate surface area is 129 Å². The van der Waals surface area contributed by atoms with Crippen LogP contribution in [0.2, 0.25) is 0 Å². The maximum Gasteiger partial charge on any atom is 0.126 e. The molecular weight excluding hydrogens is 258 g/mol. The first-order chi connectivity index (χ1) is 9.96. The van der Waals surface area contributed by atoms with E-state index in [1.807, 2.05) is 0 Å². The van der Waals surface area contributed by atoms with Crippen molar-refractivity contribution in [2.45, 2.75) is 58.5 Å². The average molecular weight is 287 g/mol. The van der Waals surface area contributed by atoms with Crippen molar-refractivity contribution >= 4 is 0 Å². The van der Waals surface area contributed by atoms with E-state index in [0.29, 0.717) is 5.92 Å². The molecule has 1 fully saturated rings. The smallest absolute Gasteiger partial charge is 0.126 e. The summed E-state index contributed by atoms with van der Waals surface area (Å²) >= 11 is 0. The molecule has 0 amide bonds. The molecule has 1 aromatic carbocycles. The van der Waals surface area contributed by atoms with Crippen LogP contribution in [0.5, 0.6) is 5.75 Å². The molecule has 0 bridgehead atoms. The van der Waals surface area contributed by atoms with Crippen molar-refractivity contribution in [3.63, 3.8) is 0 Å². The zero-order valence-electron chi connectivity index (χ0n) is 13.9. The first kappa shape index (κ1) is 14.9. The minimum absolute atomic E-state index is 0.0428. The van der Waals surface area contributed by atoms with Gasteiger partial charge in [-0.25, -0.2) is 0 Å². The van der Waals surface area contributed by atoms with E-state index in [0.717, 1.165) is 31.3 Å². The van der Waals surface area contributed by atoms with Gasteiger partial charge in [0, 0.05) is 6.42 Å². The Balaban J connectivity index is 1.91. The molecule has 0 spiro atoms. The molecule has 2 atom stereocenters. The van der Waals surface area contributed by atoms with E-state index in [4.69, 9.17) is 4.74 Å². The summed E-state index contributed by atoms with van der Waals surface area (Å²) in [6.07, 6.45) is 3.57. The van der Waals surface area contributed by atoms with Crippen molar-refractivity contribution in [3.8, 4) is 5.75 Å². The van der Waals surface area contributed by atoms with Crippen LogP contribution in [0.1, 0.15) is 57.6 Å². The molecule has 21 heavy (non-hydrogen) atoms. The number of hydrogen-bond acceptors (Lipinski definition) is 2. The number of ether oxygens (including phenoxy) is 1. The van der Waals surface area contributed by atoms with Crippen LogP contribution in [-0.2, 0) is 6.42 Å². The van der Waals surface area contributed by atoms with Crippen LogP contribution in [0.15, 0.2) is 18.2 Å². The van der Waals surface area contributed by atoms with Crippen molar-refractivity contribution in [1.29, 1.82) is 0 Å². The Morgan fingerprint density at radius 2 is 2.14 bits per heavy atom. The van der Waals surface area contributed by atoms with Gasteiger partial charge in [0.2, 0.25) is 0 Å². The van der Waals surface area contributed by atoms with Gasteiger partial charge >= 0.3 is 0 Å². The Morgan fingerprint density at radius 3 is 2.90 bits per heavy atom. The molecule has 2 nitrogen and oxygen atoms in total. The van der Waals surface area contributed by atoms with Crippen LogP contribution in [0.4, 0.5) is 0 Å². The normalized spacial score (nSPS) is 27.5. The van der Waals surface area contributed by atoms with E-state index in [9.17, 15) is 0 Å². The summed E-state index contributed by atoms with van der Waals surface area (Å²) in [5, 5.41) is 3.58. The summed E-state index contributed by atoms with van der Waals surface area (Å²) < 4.78 is 6.31. The van der Waals surface area contributed by atoms with E-state index >= 15 is 0 Å². The number of fused-ring (bicyclic) bond motifs is 1. The first-order valence-corrected chi connectivity index (χ1v) is 8.48. The Kier molecular flexibility index (Phi) is 4.00. The van der Waals surface area contributed by atoms with E-state index in [1.165, 1.54) is 29.7 Å². The topological polar surface area (TPSA) is 21.3 Å².